The van der Waals surface area contributed by atoms with Crippen LogP contribution in [0.5, 0.6) is 11.6 Å². The summed E-state index contributed by atoms with van der Waals surface area (Å²) in [5.74, 6) is 3.50. The van der Waals surface area contributed by atoms with E-state index < -0.39 is 5.60 Å². The summed E-state index contributed by atoms with van der Waals surface area (Å²) in [5, 5.41) is 7.55. The molecule has 1 aromatic heterocycles. The number of nitrogens with one attached hydrogen (secondary N) is 2. The quantitative estimate of drug-likeness (QED) is 0.531. The molecule has 8 heteroatoms. The van der Waals surface area contributed by atoms with Gasteiger partial charge in [0.25, 0.3) is 5.91 Å². The van der Waals surface area contributed by atoms with Gasteiger partial charge in [0.2, 0.25) is 11.8 Å². The zero-order valence-electron chi connectivity index (χ0n) is 20.9. The second kappa shape index (κ2) is 9.16. The lowest BCUT2D eigenvalue weighted by Gasteiger charge is -2.60. The molecular formula is C27H35ClN4O3. The van der Waals surface area contributed by atoms with Gasteiger partial charge in [-0.3, -0.25) is 4.79 Å². The van der Waals surface area contributed by atoms with Crippen molar-refractivity contribution in [3.63, 3.8) is 0 Å². The first-order valence-corrected chi connectivity index (χ1v) is 12.9. The van der Waals surface area contributed by atoms with Crippen LogP contribution in [0.3, 0.4) is 0 Å². The lowest BCUT2D eigenvalue weighted by atomic mass is 9.48. The van der Waals surface area contributed by atoms with Crippen molar-refractivity contribution in [3.8, 4) is 11.6 Å². The molecule has 1 amide bonds. The Hall–Kier alpha value is -2.54. The van der Waals surface area contributed by atoms with Crippen LogP contribution < -0.4 is 20.1 Å². The normalized spacial score (nSPS) is 29.1. The van der Waals surface area contributed by atoms with Gasteiger partial charge in [0.1, 0.15) is 5.75 Å². The number of carbonyl (C=O) groups is 1. The lowest BCUT2D eigenvalue weighted by Crippen LogP contribution is -2.62. The Bertz CT molecular complexity index is 1070. The summed E-state index contributed by atoms with van der Waals surface area (Å²) in [6.45, 7) is 6.46. The molecule has 4 saturated carbocycles. The number of hydrogen-bond acceptors (Lipinski definition) is 6. The van der Waals surface area contributed by atoms with E-state index >= 15 is 0 Å². The number of halogens is 1. The molecule has 2 aromatic rings. The maximum absolute atomic E-state index is 13.3. The van der Waals surface area contributed by atoms with Crippen LogP contribution in [0.4, 0.5) is 5.95 Å². The minimum Gasteiger partial charge on any atom is -0.481 e. The summed E-state index contributed by atoms with van der Waals surface area (Å²) in [6, 6.07) is 9.17. The molecule has 1 heterocycles. The molecule has 4 fully saturated rings. The molecular weight excluding hydrogens is 464 g/mol. The van der Waals surface area contributed by atoms with E-state index in [1.807, 2.05) is 26.8 Å². The van der Waals surface area contributed by atoms with Crippen molar-refractivity contribution in [2.24, 2.45) is 23.2 Å². The Kier molecular flexibility index (Phi) is 6.32. The second-order valence-electron chi connectivity index (χ2n) is 11.3. The van der Waals surface area contributed by atoms with Gasteiger partial charge in [-0.05, 0) is 100 Å². The molecule has 4 aliphatic carbocycles. The molecule has 2 unspecified atom stereocenters. The molecule has 2 atom stereocenters. The maximum atomic E-state index is 13.3. The van der Waals surface area contributed by atoms with Crippen LogP contribution in [0.25, 0.3) is 0 Å². The third-order valence-corrected chi connectivity index (χ3v) is 8.34. The average molecular weight is 499 g/mol. The first kappa shape index (κ1) is 24.2. The molecule has 7 nitrogen and oxygen atoms in total. The van der Waals surface area contributed by atoms with Crippen LogP contribution >= 0.6 is 11.6 Å². The Morgan fingerprint density at radius 1 is 1.14 bits per heavy atom. The van der Waals surface area contributed by atoms with Gasteiger partial charge < -0.3 is 20.1 Å². The van der Waals surface area contributed by atoms with Gasteiger partial charge in [-0.1, -0.05) is 11.6 Å². The first-order valence-electron chi connectivity index (χ1n) is 12.5. The summed E-state index contributed by atoms with van der Waals surface area (Å²) in [7, 11) is 1.63. The van der Waals surface area contributed by atoms with Crippen LogP contribution in [-0.2, 0) is 4.79 Å². The molecule has 35 heavy (non-hydrogen) atoms. The van der Waals surface area contributed by atoms with Crippen LogP contribution in [0.2, 0.25) is 5.02 Å². The predicted octanol–water partition coefficient (Wildman–Crippen LogP) is 5.03. The number of rotatable bonds is 8. The van der Waals surface area contributed by atoms with Crippen LogP contribution in [0.1, 0.15) is 51.6 Å². The van der Waals surface area contributed by atoms with E-state index in [9.17, 15) is 4.79 Å². The van der Waals surface area contributed by atoms with E-state index in [-0.39, 0.29) is 17.4 Å². The van der Waals surface area contributed by atoms with Gasteiger partial charge in [0, 0.05) is 29.4 Å². The SMILES string of the molecule is COc1cc(C)nc(NCC23CC4CC(C2)C(NC(=O)C(C)(C)Oc2ccc(Cl)cc2)C(C4)C3)n1. The fourth-order valence-electron chi connectivity index (χ4n) is 6.80. The highest BCUT2D eigenvalue weighted by Gasteiger charge is 2.56. The highest BCUT2D eigenvalue weighted by Crippen LogP contribution is 2.60. The molecule has 4 bridgehead atoms. The van der Waals surface area contributed by atoms with E-state index in [0.717, 1.165) is 31.0 Å². The number of aromatic nitrogens is 2. The van der Waals surface area contributed by atoms with Crippen molar-refractivity contribution >= 4 is 23.5 Å². The van der Waals surface area contributed by atoms with E-state index in [2.05, 4.69) is 20.6 Å². The van der Waals surface area contributed by atoms with E-state index in [1.165, 1.54) is 19.3 Å². The molecule has 2 N–H and O–H groups in total. The Morgan fingerprint density at radius 3 is 2.49 bits per heavy atom. The molecule has 0 radical (unpaired) electrons. The van der Waals surface area contributed by atoms with Gasteiger partial charge >= 0.3 is 0 Å². The molecule has 188 valence electrons. The second-order valence-corrected chi connectivity index (χ2v) is 11.7. The van der Waals surface area contributed by atoms with Crippen molar-refractivity contribution in [1.29, 1.82) is 0 Å². The topological polar surface area (TPSA) is 85.4 Å². The number of benzene rings is 1. The highest BCUT2D eigenvalue weighted by molar-refractivity contribution is 6.30. The first-order chi connectivity index (χ1) is 16.6. The number of hydrogen-bond donors (Lipinski definition) is 2. The van der Waals surface area contributed by atoms with Gasteiger partial charge in [-0.25, -0.2) is 4.98 Å². The number of methoxy groups -OCH3 is 1. The summed E-state index contributed by atoms with van der Waals surface area (Å²) < 4.78 is 11.3. The van der Waals surface area contributed by atoms with Gasteiger partial charge in [-0.15, -0.1) is 0 Å². The summed E-state index contributed by atoms with van der Waals surface area (Å²) in [4.78, 5) is 22.3. The minimum absolute atomic E-state index is 0.0580. The third-order valence-electron chi connectivity index (χ3n) is 8.09. The lowest BCUT2D eigenvalue weighted by molar-refractivity contribution is -0.140. The number of ether oxygens (including phenoxy) is 2. The van der Waals surface area contributed by atoms with E-state index in [1.54, 1.807) is 31.4 Å². The monoisotopic (exact) mass is 498 g/mol. The number of carbonyl (C=O) groups excluding carboxylic acids is 1. The van der Waals surface area contributed by atoms with E-state index in [0.29, 0.717) is 34.4 Å². The molecule has 6 rings (SSSR count). The largest absolute Gasteiger partial charge is 0.481 e. The van der Waals surface area contributed by atoms with Crippen molar-refractivity contribution in [2.75, 3.05) is 19.0 Å². The van der Waals surface area contributed by atoms with Crippen molar-refractivity contribution < 1.29 is 14.3 Å². The third kappa shape index (κ3) is 5.06. The Balaban J connectivity index is 1.23. The highest BCUT2D eigenvalue weighted by atomic mass is 35.5. The number of nitrogens with zero attached hydrogens (tertiary/aromatic N) is 2. The molecule has 1 aromatic carbocycles. The number of anilines is 1. The Labute approximate surface area is 212 Å². The van der Waals surface area contributed by atoms with Crippen LogP contribution in [-0.4, -0.2) is 41.2 Å². The zero-order valence-corrected chi connectivity index (χ0v) is 21.7. The van der Waals surface area contributed by atoms with Gasteiger partial charge in [0.05, 0.1) is 7.11 Å². The molecule has 0 spiro atoms. The van der Waals surface area contributed by atoms with E-state index in [4.69, 9.17) is 21.1 Å². The minimum atomic E-state index is -0.969. The molecule has 0 aliphatic heterocycles. The van der Waals surface area contributed by atoms with Crippen molar-refractivity contribution in [1.82, 2.24) is 15.3 Å². The number of amides is 1. The molecule has 4 aliphatic rings. The smallest absolute Gasteiger partial charge is 0.263 e. The Morgan fingerprint density at radius 2 is 1.83 bits per heavy atom. The van der Waals surface area contributed by atoms with Gasteiger partial charge in [0.15, 0.2) is 5.60 Å². The maximum Gasteiger partial charge on any atom is 0.263 e. The fourth-order valence-corrected chi connectivity index (χ4v) is 6.93. The van der Waals surface area contributed by atoms with Gasteiger partial charge in [-0.2, -0.15) is 4.98 Å². The summed E-state index contributed by atoms with van der Waals surface area (Å²) in [6.07, 6.45) is 5.84. The fraction of sp³-hybridized carbons (Fsp3) is 0.593. The predicted molar refractivity (Wildman–Crippen MR) is 136 cm³/mol. The van der Waals surface area contributed by atoms with Crippen molar-refractivity contribution in [3.05, 3.63) is 41.0 Å². The zero-order chi connectivity index (χ0) is 24.8. The molecule has 0 saturated heterocycles. The van der Waals surface area contributed by atoms with Crippen LogP contribution in [0.15, 0.2) is 30.3 Å². The summed E-state index contributed by atoms with van der Waals surface area (Å²) >= 11 is 5.98. The van der Waals surface area contributed by atoms with Crippen LogP contribution in [0, 0.1) is 30.1 Å². The van der Waals surface area contributed by atoms with Crippen molar-refractivity contribution in [2.45, 2.75) is 64.5 Å². The number of aryl methyl sites for hydroxylation is 1. The average Bonchev–Trinajstić information content (AvgIpc) is 2.80. The summed E-state index contributed by atoms with van der Waals surface area (Å²) in [5.41, 5.74) is 0.146. The standard InChI is InChI=1S/C27H35ClN4O3/c1-16-9-22(34-4)31-25(30-16)29-15-27-12-17-10-18(13-27)23(19(11-17)14-27)32-24(33)26(2,3)35-21-7-5-20(28)6-8-21/h5-9,17-19,23H,10-15H2,1-4H3,(H,32,33)(H,29,30,31).